The highest BCUT2D eigenvalue weighted by Gasteiger charge is 2.13. The molecule has 0 aliphatic rings. The number of benzene rings is 1. The zero-order valence-electron chi connectivity index (χ0n) is 6.31. The molecule has 1 aromatic rings. The molecular weight excluding hydrogens is 180 g/mol. The topological polar surface area (TPSA) is 77.8 Å². The molecule has 0 aliphatic carbocycles. The van der Waals surface area contributed by atoms with E-state index in [1.54, 1.807) is 0 Å². The van der Waals surface area contributed by atoms with Crippen LogP contribution in [-0.2, 0) is 11.1 Å². The van der Waals surface area contributed by atoms with E-state index in [1.165, 1.54) is 19.1 Å². The van der Waals surface area contributed by atoms with Crippen molar-refractivity contribution < 1.29 is 19.0 Å². The molecular formula is C7H8O4S. The molecule has 0 heterocycles. The Kier molecular flexibility index (Phi) is 2.35. The number of phenolic OH excluding ortho intramolecular Hbond substituents is 2. The molecule has 0 radical (unpaired) electrons. The minimum atomic E-state index is -2.27. The summed E-state index contributed by atoms with van der Waals surface area (Å²) in [6, 6.07) is 2.44. The molecule has 1 unspecified atom stereocenters. The summed E-state index contributed by atoms with van der Waals surface area (Å²) in [5.41, 5.74) is 0.218. The first-order chi connectivity index (χ1) is 5.54. The summed E-state index contributed by atoms with van der Waals surface area (Å²) < 4.78 is 19.3. The van der Waals surface area contributed by atoms with Crippen molar-refractivity contribution in [3.8, 4) is 11.5 Å². The van der Waals surface area contributed by atoms with Crippen LogP contribution in [0.1, 0.15) is 5.56 Å². The minimum absolute atomic E-state index is 0.106. The molecule has 0 aliphatic heterocycles. The quantitative estimate of drug-likeness (QED) is 0.453. The first-order valence-corrected chi connectivity index (χ1v) is 4.27. The van der Waals surface area contributed by atoms with Gasteiger partial charge in [0.05, 0.1) is 0 Å². The third-order valence-electron chi connectivity index (χ3n) is 1.53. The van der Waals surface area contributed by atoms with E-state index in [4.69, 9.17) is 14.8 Å². The second-order valence-corrected chi connectivity index (χ2v) is 3.21. The van der Waals surface area contributed by atoms with E-state index in [9.17, 15) is 4.21 Å². The van der Waals surface area contributed by atoms with Gasteiger partial charge in [0.15, 0.2) is 11.1 Å². The second kappa shape index (κ2) is 3.12. The molecule has 1 aromatic carbocycles. The fraction of sp³-hybridized carbons (Fsp3) is 0.143. The Hall–Kier alpha value is -1.07. The molecule has 0 bridgehead atoms. The predicted octanol–water partition coefficient (Wildman–Crippen LogP) is 0.987. The lowest BCUT2D eigenvalue weighted by Crippen LogP contribution is -1.93. The second-order valence-electron chi connectivity index (χ2n) is 2.31. The Morgan fingerprint density at radius 1 is 1.25 bits per heavy atom. The summed E-state index contributed by atoms with van der Waals surface area (Å²) in [6.45, 7) is 1.46. The first kappa shape index (κ1) is 9.02. The maximum Gasteiger partial charge on any atom is 0.190 e. The van der Waals surface area contributed by atoms with Gasteiger partial charge in [-0.3, -0.25) is 0 Å². The van der Waals surface area contributed by atoms with Crippen LogP contribution in [0.15, 0.2) is 17.0 Å². The lowest BCUT2D eigenvalue weighted by molar-refractivity contribution is 0.440. The highest BCUT2D eigenvalue weighted by atomic mass is 32.2. The van der Waals surface area contributed by atoms with Crippen LogP contribution in [-0.4, -0.2) is 19.0 Å². The van der Waals surface area contributed by atoms with Crippen LogP contribution in [0.2, 0.25) is 0 Å². The molecule has 66 valence electrons. The summed E-state index contributed by atoms with van der Waals surface area (Å²) in [5.74, 6) is -0.392. The van der Waals surface area contributed by atoms with Crippen LogP contribution in [0.25, 0.3) is 0 Å². The van der Waals surface area contributed by atoms with Crippen molar-refractivity contribution in [1.29, 1.82) is 0 Å². The van der Waals surface area contributed by atoms with Gasteiger partial charge >= 0.3 is 0 Å². The molecule has 0 amide bonds. The van der Waals surface area contributed by atoms with Crippen molar-refractivity contribution in [2.45, 2.75) is 11.8 Å². The maximum absolute atomic E-state index is 10.6. The monoisotopic (exact) mass is 188 g/mol. The zero-order valence-corrected chi connectivity index (χ0v) is 7.13. The normalized spacial score (nSPS) is 12.8. The van der Waals surface area contributed by atoms with Gasteiger partial charge in [0.25, 0.3) is 0 Å². The van der Waals surface area contributed by atoms with Gasteiger partial charge in [-0.15, -0.1) is 0 Å². The number of hydrogen-bond acceptors (Lipinski definition) is 3. The van der Waals surface area contributed by atoms with Gasteiger partial charge in [-0.25, -0.2) is 4.21 Å². The van der Waals surface area contributed by atoms with E-state index >= 15 is 0 Å². The largest absolute Gasteiger partial charge is 0.508 e. The standard InChI is InChI=1S/C7H8O4S/c1-4-5(8)2-3-6(9)7(4)12(10)11/h2-3,8-9H,1H3,(H,10,11). The summed E-state index contributed by atoms with van der Waals surface area (Å²) in [5, 5.41) is 18.2. The predicted molar refractivity (Wildman–Crippen MR) is 43.5 cm³/mol. The fourth-order valence-corrected chi connectivity index (χ4v) is 1.50. The highest BCUT2D eigenvalue weighted by Crippen LogP contribution is 2.29. The van der Waals surface area contributed by atoms with Crippen LogP contribution in [0, 0.1) is 6.92 Å². The third kappa shape index (κ3) is 1.41. The Bertz CT molecular complexity index is 334. The van der Waals surface area contributed by atoms with Gasteiger partial charge in [-0.05, 0) is 19.1 Å². The SMILES string of the molecule is Cc1c(O)ccc(O)c1S(=O)O. The number of rotatable bonds is 1. The number of hydrogen-bond donors (Lipinski definition) is 3. The van der Waals surface area contributed by atoms with Crippen molar-refractivity contribution in [3.05, 3.63) is 17.7 Å². The molecule has 0 aromatic heterocycles. The maximum atomic E-state index is 10.6. The van der Waals surface area contributed by atoms with Crippen molar-refractivity contribution >= 4 is 11.1 Å². The van der Waals surface area contributed by atoms with Gasteiger partial charge in [0, 0.05) is 5.56 Å². The number of aromatic hydroxyl groups is 2. The Morgan fingerprint density at radius 2 is 1.75 bits per heavy atom. The Balaban J connectivity index is 3.43. The van der Waals surface area contributed by atoms with E-state index < -0.39 is 11.1 Å². The fourth-order valence-electron chi connectivity index (χ4n) is 0.887. The minimum Gasteiger partial charge on any atom is -0.508 e. The summed E-state index contributed by atoms with van der Waals surface area (Å²) in [4.78, 5) is -0.144. The van der Waals surface area contributed by atoms with Crippen molar-refractivity contribution in [3.63, 3.8) is 0 Å². The van der Waals surface area contributed by atoms with Gasteiger partial charge in [-0.2, -0.15) is 0 Å². The summed E-state index contributed by atoms with van der Waals surface area (Å²) in [6.07, 6.45) is 0. The van der Waals surface area contributed by atoms with Crippen LogP contribution in [0.3, 0.4) is 0 Å². The average Bonchev–Trinajstić information content (AvgIpc) is 1.97. The Labute approximate surface area is 71.8 Å². The highest BCUT2D eigenvalue weighted by molar-refractivity contribution is 7.79. The molecule has 1 rings (SSSR count). The smallest absolute Gasteiger partial charge is 0.190 e. The van der Waals surface area contributed by atoms with Crippen LogP contribution >= 0.6 is 0 Å². The van der Waals surface area contributed by atoms with E-state index in [2.05, 4.69) is 0 Å². The Morgan fingerprint density at radius 3 is 2.17 bits per heavy atom. The van der Waals surface area contributed by atoms with Gasteiger partial charge in [0.1, 0.15) is 16.4 Å². The molecule has 0 fully saturated rings. The van der Waals surface area contributed by atoms with Crippen LogP contribution in [0.4, 0.5) is 0 Å². The van der Waals surface area contributed by atoms with Crippen molar-refractivity contribution in [2.24, 2.45) is 0 Å². The summed E-state index contributed by atoms with van der Waals surface area (Å²) >= 11 is -2.27. The zero-order chi connectivity index (χ0) is 9.30. The van der Waals surface area contributed by atoms with Gasteiger partial charge < -0.3 is 14.8 Å². The molecule has 5 heteroatoms. The third-order valence-corrected chi connectivity index (χ3v) is 2.40. The van der Waals surface area contributed by atoms with Gasteiger partial charge in [-0.1, -0.05) is 0 Å². The molecule has 1 atom stereocenters. The number of phenols is 2. The lowest BCUT2D eigenvalue weighted by atomic mass is 10.2. The van der Waals surface area contributed by atoms with Crippen molar-refractivity contribution in [2.75, 3.05) is 0 Å². The van der Waals surface area contributed by atoms with E-state index in [1.807, 2.05) is 0 Å². The van der Waals surface area contributed by atoms with Crippen LogP contribution < -0.4 is 0 Å². The lowest BCUT2D eigenvalue weighted by Gasteiger charge is -2.05. The molecule has 12 heavy (non-hydrogen) atoms. The summed E-state index contributed by atoms with van der Waals surface area (Å²) in [7, 11) is 0. The van der Waals surface area contributed by atoms with E-state index in [0.717, 1.165) is 0 Å². The average molecular weight is 188 g/mol. The van der Waals surface area contributed by atoms with E-state index in [0.29, 0.717) is 0 Å². The molecule has 0 saturated carbocycles. The molecule has 0 saturated heterocycles. The first-order valence-electron chi connectivity index (χ1n) is 3.16. The van der Waals surface area contributed by atoms with E-state index in [-0.39, 0.29) is 22.0 Å². The van der Waals surface area contributed by atoms with Crippen molar-refractivity contribution in [1.82, 2.24) is 0 Å². The van der Waals surface area contributed by atoms with Gasteiger partial charge in [0.2, 0.25) is 0 Å². The molecule has 4 nitrogen and oxygen atoms in total. The molecule has 3 N–H and O–H groups in total. The molecule has 0 spiro atoms. The van der Waals surface area contributed by atoms with Crippen LogP contribution in [0.5, 0.6) is 11.5 Å².